The van der Waals surface area contributed by atoms with Gasteiger partial charge in [-0.1, -0.05) is 432 Å². The van der Waals surface area contributed by atoms with Crippen LogP contribution >= 0.6 is 0 Å². The number of rotatable bonds is 85. The van der Waals surface area contributed by atoms with Crippen molar-refractivity contribution in [3.63, 3.8) is 0 Å². The van der Waals surface area contributed by atoms with Gasteiger partial charge >= 0.3 is 11.9 Å². The van der Waals surface area contributed by atoms with Crippen LogP contribution in [0, 0.1) is 0 Å². The van der Waals surface area contributed by atoms with Gasteiger partial charge in [0.1, 0.15) is 13.2 Å². The van der Waals surface area contributed by atoms with Crippen molar-refractivity contribution in [2.45, 2.75) is 450 Å². The SMILES string of the molecule is CC/C=C\C/C=C\C/C=C\C/C=C\CCCCCCCCCCCCCCCCCCCCCCCCCCCCCCC(=O)OC(COC(=O)CCCCCCCCCCCCCCCCCCCCCCCCCCCC/C=C\C/C=C\C/C=C\C/C=C\CC)COC(OCC[N+](C)(C)C)C(=O)[O-]. The Morgan fingerprint density at radius 1 is 0.286 bits per heavy atom. The van der Waals surface area contributed by atoms with Gasteiger partial charge in [-0.25, -0.2) is 0 Å². The zero-order valence-corrected chi connectivity index (χ0v) is 70.1. The third-order valence-electron chi connectivity index (χ3n) is 20.3. The average molecular weight is 1470 g/mol. The van der Waals surface area contributed by atoms with Gasteiger partial charge in [0.05, 0.1) is 40.3 Å². The van der Waals surface area contributed by atoms with Crippen molar-refractivity contribution in [1.82, 2.24) is 0 Å². The number of carboxylic acid groups (broad SMARTS) is 1. The Labute approximate surface area is 652 Å². The first kappa shape index (κ1) is 101. The van der Waals surface area contributed by atoms with Crippen LogP contribution in [0.3, 0.4) is 0 Å². The Morgan fingerprint density at radius 3 is 0.762 bits per heavy atom. The molecule has 0 heterocycles. The molecule has 0 aromatic carbocycles. The number of likely N-dealkylation sites (N-methyl/N-ethyl adjacent to an activating group) is 1. The van der Waals surface area contributed by atoms with Crippen LogP contribution in [0.5, 0.6) is 0 Å². The molecule has 0 saturated heterocycles. The zero-order valence-electron chi connectivity index (χ0n) is 70.1. The molecular weight excluding hydrogens is 1300 g/mol. The van der Waals surface area contributed by atoms with Gasteiger partial charge < -0.3 is 33.3 Å². The van der Waals surface area contributed by atoms with Crippen molar-refractivity contribution < 1.29 is 42.9 Å². The number of unbranched alkanes of at least 4 members (excludes halogenated alkanes) is 54. The molecule has 0 aromatic heterocycles. The quantitative estimate of drug-likeness (QED) is 0.0195. The highest BCUT2D eigenvalue weighted by Crippen LogP contribution is 2.21. The lowest BCUT2D eigenvalue weighted by Gasteiger charge is -2.26. The van der Waals surface area contributed by atoms with Gasteiger partial charge in [0.25, 0.3) is 0 Å². The molecule has 2 atom stereocenters. The summed E-state index contributed by atoms with van der Waals surface area (Å²) in [7, 11) is 5.96. The maximum absolute atomic E-state index is 13.0. The second kappa shape index (κ2) is 85.8. The second-order valence-electron chi connectivity index (χ2n) is 31.8. The maximum Gasteiger partial charge on any atom is 0.306 e. The van der Waals surface area contributed by atoms with E-state index in [4.69, 9.17) is 18.9 Å². The van der Waals surface area contributed by atoms with Crippen LogP contribution in [0.1, 0.15) is 438 Å². The van der Waals surface area contributed by atoms with Gasteiger partial charge in [-0.05, 0) is 89.9 Å². The molecule has 0 aliphatic heterocycles. The van der Waals surface area contributed by atoms with Crippen molar-refractivity contribution in [3.8, 4) is 0 Å². The third-order valence-corrected chi connectivity index (χ3v) is 20.3. The molecule has 0 aromatic rings. The van der Waals surface area contributed by atoms with Crippen LogP contribution < -0.4 is 5.11 Å². The van der Waals surface area contributed by atoms with E-state index in [9.17, 15) is 19.5 Å². The summed E-state index contributed by atoms with van der Waals surface area (Å²) in [5, 5.41) is 11.9. The summed E-state index contributed by atoms with van der Waals surface area (Å²) in [6.45, 7) is 4.59. The number of nitrogens with zero attached hydrogens (tertiary/aromatic N) is 1. The van der Waals surface area contributed by atoms with E-state index < -0.39 is 24.3 Å². The predicted octanol–water partition coefficient (Wildman–Crippen LogP) is 28.5. The van der Waals surface area contributed by atoms with Crippen LogP contribution in [-0.4, -0.2) is 82.3 Å². The van der Waals surface area contributed by atoms with Gasteiger partial charge in [-0.3, -0.25) is 9.59 Å². The van der Waals surface area contributed by atoms with E-state index in [1.54, 1.807) is 0 Å². The molecule has 0 saturated carbocycles. The number of esters is 2. The number of allylic oxidation sites excluding steroid dienone is 16. The Kier molecular flexibility index (Phi) is 82.7. The van der Waals surface area contributed by atoms with E-state index in [1.807, 2.05) is 21.1 Å². The summed E-state index contributed by atoms with van der Waals surface area (Å²) in [6, 6.07) is 0. The van der Waals surface area contributed by atoms with Crippen molar-refractivity contribution in [1.29, 1.82) is 0 Å². The zero-order chi connectivity index (χ0) is 76.0. The lowest BCUT2D eigenvalue weighted by Crippen LogP contribution is -2.44. The summed E-state index contributed by atoms with van der Waals surface area (Å²) >= 11 is 0. The van der Waals surface area contributed by atoms with Gasteiger partial charge in [0, 0.05) is 12.8 Å². The Balaban J connectivity index is 3.89. The molecule has 0 aliphatic carbocycles. The lowest BCUT2D eigenvalue weighted by molar-refractivity contribution is -0.870. The molecule has 0 rings (SSSR count). The smallest absolute Gasteiger partial charge is 0.306 e. The summed E-state index contributed by atoms with van der Waals surface area (Å²) in [5.74, 6) is -2.25. The largest absolute Gasteiger partial charge is 0.545 e. The number of quaternary nitrogens is 1. The summed E-state index contributed by atoms with van der Waals surface area (Å²) < 4.78 is 22.9. The van der Waals surface area contributed by atoms with Gasteiger partial charge in [0.15, 0.2) is 12.4 Å². The summed E-state index contributed by atoms with van der Waals surface area (Å²) in [6.07, 6.45) is 117. The third kappa shape index (κ3) is 87.3. The molecule has 0 N–H and O–H groups in total. The molecule has 9 heteroatoms. The molecule has 2 unspecified atom stereocenters. The minimum Gasteiger partial charge on any atom is -0.545 e. The number of carbonyl (C=O) groups excluding carboxylic acids is 3. The van der Waals surface area contributed by atoms with Crippen molar-refractivity contribution in [2.75, 3.05) is 47.5 Å². The van der Waals surface area contributed by atoms with E-state index in [-0.39, 0.29) is 32.2 Å². The van der Waals surface area contributed by atoms with Crippen LogP contribution in [0.4, 0.5) is 0 Å². The highest BCUT2D eigenvalue weighted by molar-refractivity contribution is 5.70. The monoisotopic (exact) mass is 1470 g/mol. The Morgan fingerprint density at radius 2 is 0.514 bits per heavy atom. The van der Waals surface area contributed by atoms with Crippen molar-refractivity contribution in [3.05, 3.63) is 97.2 Å². The number of hydrogen-bond acceptors (Lipinski definition) is 8. The van der Waals surface area contributed by atoms with E-state index in [2.05, 4.69) is 111 Å². The van der Waals surface area contributed by atoms with Gasteiger partial charge in [-0.15, -0.1) is 0 Å². The molecular formula is C96H173NO8. The Bertz CT molecular complexity index is 2060. The molecule has 0 bridgehead atoms. The average Bonchev–Trinajstić information content (AvgIpc) is 1.18. The predicted molar refractivity (Wildman–Crippen MR) is 454 cm³/mol. The van der Waals surface area contributed by atoms with Crippen LogP contribution in [0.25, 0.3) is 0 Å². The van der Waals surface area contributed by atoms with Crippen LogP contribution in [0.15, 0.2) is 97.2 Å². The van der Waals surface area contributed by atoms with E-state index in [1.165, 1.54) is 321 Å². The number of carbonyl (C=O) groups is 3. The first-order valence-electron chi connectivity index (χ1n) is 45.4. The fourth-order valence-electron chi connectivity index (χ4n) is 13.5. The first-order valence-corrected chi connectivity index (χ1v) is 45.4. The standard InChI is InChI=1S/C96H173NO8/c1-6-8-10-12-14-16-18-20-22-24-26-28-30-32-34-36-38-40-42-44-46-47-49-51-53-55-57-59-61-63-65-67-69-71-73-75-77-79-81-83-85-87-94(99)105-92(91-104-96(95(100)101)102-89-88-97(3,4)5)90-103-93(98)86-84-82-80-78-76-74-72-70-68-66-64-62-60-58-56-54-52-50-48-45-43-41-39-37-35-33-31-29-27-25-23-21-19-17-15-13-11-9-7-2/h8-11,14-17,20-23,26-29,92,96H,6-7,12-13,18-19,24-25,30-91H2,1-5H3/b10-8-,11-9-,16-14-,17-15-,22-20-,23-21-,28-26-,29-27-. The fraction of sp³-hybridized carbons (Fsp3) is 0.802. The number of aliphatic carboxylic acids is 1. The van der Waals surface area contributed by atoms with Gasteiger partial charge in [0.2, 0.25) is 0 Å². The minimum absolute atomic E-state index is 0.150. The van der Waals surface area contributed by atoms with Crippen molar-refractivity contribution >= 4 is 17.9 Å². The summed E-state index contributed by atoms with van der Waals surface area (Å²) in [4.78, 5) is 37.7. The highest BCUT2D eigenvalue weighted by atomic mass is 16.7. The topological polar surface area (TPSA) is 111 Å². The normalized spacial score (nSPS) is 13.0. The number of hydrogen-bond donors (Lipinski definition) is 0. The molecule has 0 fully saturated rings. The molecule has 105 heavy (non-hydrogen) atoms. The lowest BCUT2D eigenvalue weighted by atomic mass is 10.0. The second-order valence-corrected chi connectivity index (χ2v) is 31.8. The molecule has 0 spiro atoms. The fourth-order valence-corrected chi connectivity index (χ4v) is 13.5. The summed E-state index contributed by atoms with van der Waals surface area (Å²) in [5.41, 5.74) is 0. The molecule has 610 valence electrons. The number of carboxylic acids is 1. The van der Waals surface area contributed by atoms with Gasteiger partial charge in [-0.2, -0.15) is 0 Å². The highest BCUT2D eigenvalue weighted by Gasteiger charge is 2.22. The Hall–Kier alpha value is -3.79. The molecule has 0 radical (unpaired) electrons. The van der Waals surface area contributed by atoms with Crippen LogP contribution in [0.2, 0.25) is 0 Å². The molecule has 0 aliphatic rings. The van der Waals surface area contributed by atoms with Crippen molar-refractivity contribution in [2.24, 2.45) is 0 Å². The first-order chi connectivity index (χ1) is 51.6. The van der Waals surface area contributed by atoms with E-state index >= 15 is 0 Å². The minimum atomic E-state index is -1.62. The van der Waals surface area contributed by atoms with E-state index in [0.717, 1.165) is 89.9 Å². The molecule has 9 nitrogen and oxygen atoms in total. The van der Waals surface area contributed by atoms with E-state index in [0.29, 0.717) is 17.4 Å². The van der Waals surface area contributed by atoms with Crippen LogP contribution in [-0.2, 0) is 33.3 Å². The molecule has 0 amide bonds. The maximum atomic E-state index is 13.0. The number of ether oxygens (including phenoxy) is 4.